The Hall–Kier alpha value is -15.2. The lowest BCUT2D eigenvalue weighted by molar-refractivity contribution is 0.431. The van der Waals surface area contributed by atoms with Crippen LogP contribution < -0.4 is 79.2 Å². The maximum absolute atomic E-state index is 5.81. The van der Waals surface area contributed by atoms with Gasteiger partial charge in [-0.15, -0.1) is 0 Å². The normalized spacial score (nSPS) is 12.8. The summed E-state index contributed by atoms with van der Waals surface area (Å²) in [6.45, 7) is 17.0. The van der Waals surface area contributed by atoms with Crippen molar-refractivity contribution in [3.63, 3.8) is 0 Å². The molecule has 0 bridgehead atoms. The first kappa shape index (κ1) is 91.5. The van der Waals surface area contributed by atoms with Gasteiger partial charge in [0.1, 0.15) is 39.9 Å². The Labute approximate surface area is 759 Å². The number of ether oxygens (including phenoxy) is 1. The summed E-state index contributed by atoms with van der Waals surface area (Å²) in [6, 6.07) is 56.2. The van der Waals surface area contributed by atoms with Crippen LogP contribution in [0.15, 0.2) is 223 Å². The van der Waals surface area contributed by atoms with E-state index >= 15 is 0 Å². The van der Waals surface area contributed by atoms with Gasteiger partial charge in [0.15, 0.2) is 5.75 Å². The molecule has 16 aromatic rings. The van der Waals surface area contributed by atoms with E-state index in [9.17, 15) is 0 Å². The number of fused-ring (bicyclic) bond motifs is 16. The molecule has 8 aliphatic rings. The molecule has 32 heteroatoms. The molecule has 8 aliphatic heterocycles. The molecular formula is C97H120N30OS. The Bertz CT molecular complexity index is 5940. The predicted octanol–water partition coefficient (Wildman–Crippen LogP) is 21.3. The van der Waals surface area contributed by atoms with Gasteiger partial charge in [-0.25, -0.2) is 4.68 Å². The van der Waals surface area contributed by atoms with E-state index < -0.39 is 0 Å². The zero-order valence-electron chi connectivity index (χ0n) is 72.3. The molecule has 0 amide bonds. The molecular weight excluding hydrogens is 1630 g/mol. The minimum atomic E-state index is 0. The van der Waals surface area contributed by atoms with E-state index in [0.717, 1.165) is 178 Å². The van der Waals surface area contributed by atoms with E-state index in [1.54, 1.807) is 16.4 Å². The summed E-state index contributed by atoms with van der Waals surface area (Å²) >= 11 is 1.77. The lowest BCUT2D eigenvalue weighted by Gasteiger charge is -2.12. The summed E-state index contributed by atoms with van der Waals surface area (Å²) < 4.78 is 20.7. The first-order chi connectivity index (χ1) is 60.7. The molecule has 0 spiro atoms. The third-order valence-electron chi connectivity index (χ3n) is 22.3. The lowest BCUT2D eigenvalue weighted by Crippen LogP contribution is -2.01. The second-order valence-electron chi connectivity index (χ2n) is 31.6. The van der Waals surface area contributed by atoms with Gasteiger partial charge in [0.25, 0.3) is 0 Å². The number of rotatable bonds is 0. The third-order valence-corrected chi connectivity index (χ3v) is 23.6. The smallest absolute Gasteiger partial charge is 0.222 e. The molecule has 0 saturated carbocycles. The SMILES string of the molecule is C.C.C.C.Cc1ccc2c(c1)NCc1cnn(C)c1N2.Cc1ccc2c(c1)NCc1cnn(C)c1N2.Cc1ccc2c(c1)NCc1cnn(C)c1N2.Cc1ccc2c(c1)NCc1cnn(C)c1N2.Cc1cccc2c1Nc1c(cnn1C)CN2.Cn1ncc2c1Nc1ccccc1NC2.Cn1ncc2c1Oc1ccccc1NC2.Cn1ncc2c1Sc1ccccc1NC2. The fourth-order valence-electron chi connectivity index (χ4n) is 15.4. The highest BCUT2D eigenvalue weighted by molar-refractivity contribution is 7.99. The Morgan fingerprint density at radius 2 is 0.543 bits per heavy atom. The number of benzene rings is 8. The molecule has 31 nitrogen and oxygen atoms in total. The van der Waals surface area contributed by atoms with Crippen LogP contribution in [-0.2, 0) is 109 Å². The monoisotopic (exact) mass is 1750 g/mol. The Kier molecular flexibility index (Phi) is 28.7. The van der Waals surface area contributed by atoms with E-state index in [1.807, 2.05) is 175 Å². The molecule has 8 aromatic carbocycles. The predicted molar refractivity (Wildman–Crippen MR) is 530 cm³/mol. The van der Waals surface area contributed by atoms with Crippen LogP contribution in [0.1, 0.15) is 102 Å². The number of hydrogen-bond donors (Lipinski definition) is 14. The number of aryl methyl sites for hydroxylation is 13. The summed E-state index contributed by atoms with van der Waals surface area (Å²) in [7, 11) is 15.6. The van der Waals surface area contributed by atoms with Crippen molar-refractivity contribution < 1.29 is 4.74 Å². The van der Waals surface area contributed by atoms with Crippen molar-refractivity contribution in [1.29, 1.82) is 0 Å². The van der Waals surface area contributed by atoms with Gasteiger partial charge in [-0.05, 0) is 153 Å². The highest BCUT2D eigenvalue weighted by Gasteiger charge is 2.24. The standard InChI is InChI=1S/5C12H14N4.C11H12N4.C11H11N3O.C11H11N3S.4CH4/c4*1-8-3-4-10-11(5-8)13-6-9-7-14-16(2)12(9)15-10;1-8-4-3-5-10-11(8)15-12-9(6-13-10)7-14-16(12)2;1-15-11-8(7-13-15)6-12-9-4-2-3-5-10(9)14-11;2*1-14-11-8(7-13-14)6-12-9-4-2-3-5-10(9)15-11;;;;/h5*3-5,7,13,15H,6H2,1-2H3;2-5,7,12,14H,6H2,1H3;2*2-5,7,12H,6H2,1H3;4*1H4. The maximum atomic E-state index is 5.81. The zero-order valence-corrected chi connectivity index (χ0v) is 73.2. The fourth-order valence-corrected chi connectivity index (χ4v) is 16.4. The van der Waals surface area contributed by atoms with Crippen molar-refractivity contribution >= 4 is 126 Å². The van der Waals surface area contributed by atoms with Crippen molar-refractivity contribution in [3.05, 3.63) is 286 Å². The molecule has 0 unspecified atom stereocenters. The van der Waals surface area contributed by atoms with Gasteiger partial charge >= 0.3 is 0 Å². The summed E-state index contributed by atoms with van der Waals surface area (Å²) in [4.78, 5) is 1.26. The van der Waals surface area contributed by atoms with Gasteiger partial charge in [-0.2, -0.15) is 40.8 Å². The van der Waals surface area contributed by atoms with E-state index in [0.29, 0.717) is 0 Å². The van der Waals surface area contributed by atoms with Gasteiger partial charge in [0.2, 0.25) is 5.88 Å². The minimum absolute atomic E-state index is 0. The zero-order chi connectivity index (χ0) is 86.4. The van der Waals surface area contributed by atoms with Gasteiger partial charge < -0.3 is 79.2 Å². The maximum Gasteiger partial charge on any atom is 0.222 e. The summed E-state index contributed by atoms with van der Waals surface area (Å²) in [5.41, 5.74) is 31.5. The molecule has 8 aromatic heterocycles. The Balaban J connectivity index is 0.000000125. The molecule has 0 fully saturated rings. The highest BCUT2D eigenvalue weighted by Crippen LogP contribution is 2.42. The number of nitrogens with zero attached hydrogens (tertiary/aromatic N) is 16. The first-order valence-corrected chi connectivity index (χ1v) is 42.3. The quantitative estimate of drug-likeness (QED) is 0.0671. The second-order valence-corrected chi connectivity index (χ2v) is 32.6. The molecule has 0 aliphatic carbocycles. The van der Waals surface area contributed by atoms with Crippen molar-refractivity contribution in [1.82, 2.24) is 78.2 Å². The number of para-hydroxylation sites is 6. The van der Waals surface area contributed by atoms with Gasteiger partial charge in [0.05, 0.1) is 129 Å². The molecule has 0 atom stereocenters. The van der Waals surface area contributed by atoms with Gasteiger partial charge in [0, 0.05) is 158 Å². The molecule has 0 radical (unpaired) electrons. The first-order valence-electron chi connectivity index (χ1n) is 41.5. The summed E-state index contributed by atoms with van der Waals surface area (Å²) in [5.74, 6) is 8.05. The average molecular weight is 1750 g/mol. The molecule has 16 heterocycles. The van der Waals surface area contributed by atoms with Gasteiger partial charge in [-0.1, -0.05) is 114 Å². The molecule has 129 heavy (non-hydrogen) atoms. The van der Waals surface area contributed by atoms with Crippen LogP contribution in [0.2, 0.25) is 0 Å². The Morgan fingerprint density at radius 3 is 0.969 bits per heavy atom. The van der Waals surface area contributed by atoms with Crippen LogP contribution in [0.25, 0.3) is 0 Å². The Morgan fingerprint density at radius 1 is 0.256 bits per heavy atom. The lowest BCUT2D eigenvalue weighted by atomic mass is 10.1. The topological polar surface area (TPSA) is 320 Å². The van der Waals surface area contributed by atoms with Crippen LogP contribution in [-0.4, -0.2) is 78.2 Å². The van der Waals surface area contributed by atoms with E-state index in [2.05, 4.69) is 277 Å². The summed E-state index contributed by atoms with van der Waals surface area (Å²) in [5, 5.41) is 82.9. The molecule has 670 valence electrons. The van der Waals surface area contributed by atoms with E-state index in [-0.39, 0.29) is 29.7 Å². The number of aromatic nitrogens is 16. The largest absolute Gasteiger partial charge is 0.437 e. The number of nitrogens with one attached hydrogen (secondary N) is 14. The minimum Gasteiger partial charge on any atom is -0.437 e. The highest BCUT2D eigenvalue weighted by atomic mass is 32.2. The molecule has 0 saturated heterocycles. The fraction of sp³-hybridized carbons (Fsp3) is 0.258. The third kappa shape index (κ3) is 20.5. The van der Waals surface area contributed by atoms with Crippen LogP contribution >= 0.6 is 11.8 Å². The summed E-state index contributed by atoms with van der Waals surface area (Å²) in [6.07, 6.45) is 15.1. The van der Waals surface area contributed by atoms with Crippen molar-refractivity contribution in [3.8, 4) is 11.6 Å². The van der Waals surface area contributed by atoms with Crippen LogP contribution in [0.4, 0.5) is 115 Å². The second kappa shape index (κ2) is 40.4. The van der Waals surface area contributed by atoms with Crippen molar-refractivity contribution in [2.75, 3.05) is 74.4 Å². The van der Waals surface area contributed by atoms with Crippen LogP contribution in [0.5, 0.6) is 11.6 Å². The number of hydrogen-bond acceptors (Lipinski definition) is 24. The number of anilines is 20. The van der Waals surface area contributed by atoms with Crippen LogP contribution in [0, 0.1) is 34.6 Å². The molecule has 24 rings (SSSR count). The van der Waals surface area contributed by atoms with Crippen LogP contribution in [0.3, 0.4) is 0 Å². The van der Waals surface area contributed by atoms with E-state index in [1.165, 1.54) is 82.4 Å². The average Bonchev–Trinajstić information content (AvgIpc) is 1.69. The molecule has 14 N–H and O–H groups in total. The van der Waals surface area contributed by atoms with Gasteiger partial charge in [-0.3, -0.25) is 32.8 Å². The van der Waals surface area contributed by atoms with Crippen molar-refractivity contribution in [2.45, 2.75) is 127 Å². The van der Waals surface area contributed by atoms with Crippen molar-refractivity contribution in [2.24, 2.45) is 56.4 Å². The van der Waals surface area contributed by atoms with E-state index in [4.69, 9.17) is 4.74 Å².